The molecule has 0 heterocycles. The molecule has 0 unspecified atom stereocenters. The summed E-state index contributed by atoms with van der Waals surface area (Å²) in [5.41, 5.74) is 2.95. The van der Waals surface area contributed by atoms with Gasteiger partial charge in [0.1, 0.15) is 0 Å². The maximum Gasteiger partial charge on any atom is 2.00 e. The van der Waals surface area contributed by atoms with Gasteiger partial charge in [-0.3, -0.25) is 0 Å². The molecule has 0 amide bonds. The van der Waals surface area contributed by atoms with Crippen molar-refractivity contribution in [3.63, 3.8) is 0 Å². The van der Waals surface area contributed by atoms with Crippen LogP contribution in [0.25, 0.3) is 0 Å². The van der Waals surface area contributed by atoms with Crippen molar-refractivity contribution in [2.45, 2.75) is 218 Å². The molecule has 4 nitrogen and oxygen atoms in total. The van der Waals surface area contributed by atoms with Gasteiger partial charge >= 0.3 is 23.1 Å². The van der Waals surface area contributed by atoms with Crippen molar-refractivity contribution in [3.05, 3.63) is 71.8 Å². The molecule has 0 aliphatic heterocycles. The van der Waals surface area contributed by atoms with Crippen LogP contribution in [0.3, 0.4) is 0 Å². The molecule has 0 spiro atoms. The molecule has 0 aliphatic carbocycles. The summed E-state index contributed by atoms with van der Waals surface area (Å²) in [6, 6.07) is 21.7. The second kappa shape index (κ2) is 41.3. The fourth-order valence-corrected chi connectivity index (χ4v) is 7.08. The molecule has 0 saturated heterocycles. The Kier molecular flexibility index (Phi) is 39.9. The number of benzene rings is 2. The molecule has 5 heteroatoms. The number of aliphatic carboxylic acids is 2. The Morgan fingerprint density at radius 2 is 0.491 bits per heavy atom. The molecular weight excluding hydrogens is 665 g/mol. The normalized spacial score (nSPS) is 10.7. The average molecular weight is 743 g/mol. The molecule has 0 bridgehead atoms. The Morgan fingerprint density at radius 3 is 0.698 bits per heavy atom. The minimum Gasteiger partial charge on any atom is -0.550 e. The Labute approximate surface area is 343 Å². The Morgan fingerprint density at radius 1 is 0.302 bits per heavy atom. The summed E-state index contributed by atoms with van der Waals surface area (Å²) in [6.45, 7) is 0. The van der Waals surface area contributed by atoms with Crippen molar-refractivity contribution in [1.29, 1.82) is 0 Å². The van der Waals surface area contributed by atoms with Crippen LogP contribution in [0, 0.1) is 0 Å². The van der Waals surface area contributed by atoms with Gasteiger partial charge in [-0.05, 0) is 62.5 Å². The topological polar surface area (TPSA) is 80.3 Å². The van der Waals surface area contributed by atoms with Crippen molar-refractivity contribution < 1.29 is 19.8 Å². The molecule has 2 rings (SSSR count). The molecule has 0 aliphatic rings. The summed E-state index contributed by atoms with van der Waals surface area (Å²) in [5, 5.41) is 20.6. The first-order valence-corrected chi connectivity index (χ1v) is 22.1. The monoisotopic (exact) mass is 743 g/mol. The van der Waals surface area contributed by atoms with Gasteiger partial charge < -0.3 is 19.8 Å². The predicted molar refractivity (Wildman–Crippen MR) is 224 cm³/mol. The average Bonchev–Trinajstić information content (AvgIpc) is 3.15. The van der Waals surface area contributed by atoms with E-state index in [4.69, 9.17) is 0 Å². The van der Waals surface area contributed by atoms with Crippen LogP contribution < -0.4 is 10.2 Å². The Balaban J connectivity index is 0.00000100. The van der Waals surface area contributed by atoms with Crippen molar-refractivity contribution in [2.75, 3.05) is 0 Å². The van der Waals surface area contributed by atoms with Gasteiger partial charge in [-0.15, -0.1) is 0 Å². The first-order valence-electron chi connectivity index (χ1n) is 22.1. The molecule has 0 N–H and O–H groups in total. The number of unbranched alkanes of at least 4 members (excludes halogenated alkanes) is 28. The van der Waals surface area contributed by atoms with E-state index >= 15 is 0 Å². The van der Waals surface area contributed by atoms with E-state index in [-0.39, 0.29) is 35.9 Å². The molecule has 0 saturated carbocycles. The third kappa shape index (κ3) is 39.6. The van der Waals surface area contributed by atoms with Gasteiger partial charge in [0.05, 0.1) is 0 Å². The van der Waals surface area contributed by atoms with Crippen LogP contribution in [0.5, 0.6) is 0 Å². The molecular formula is C48H78MgO4. The van der Waals surface area contributed by atoms with Crippen LogP contribution >= 0.6 is 0 Å². The maximum absolute atomic E-state index is 10.3. The van der Waals surface area contributed by atoms with Gasteiger partial charge in [0.15, 0.2) is 0 Å². The number of carboxylic acids is 2. The standard InChI is InChI=1S/2C24H40O2.Mg/c2*25-24(26)22-18-13-11-9-7-5-3-1-2-4-6-8-10-12-15-19-23-20-16-14-17-21-23;/h2*14,16-17,20-21H,1-13,15,18-19,22H2,(H,25,26);/q;;+2/p-2. The third-order valence-corrected chi connectivity index (χ3v) is 10.4. The second-order valence-corrected chi connectivity index (χ2v) is 15.3. The van der Waals surface area contributed by atoms with Gasteiger partial charge in [-0.1, -0.05) is 228 Å². The van der Waals surface area contributed by atoms with Crippen molar-refractivity contribution in [1.82, 2.24) is 0 Å². The molecule has 0 fully saturated rings. The summed E-state index contributed by atoms with van der Waals surface area (Å²) >= 11 is 0. The number of hydrogen-bond donors (Lipinski definition) is 0. The Bertz CT molecular complexity index is 945. The van der Waals surface area contributed by atoms with E-state index in [0.29, 0.717) is 0 Å². The molecule has 0 atom stereocenters. The summed E-state index contributed by atoms with van der Waals surface area (Å²) in [6.07, 6.45) is 41.7. The van der Waals surface area contributed by atoms with E-state index in [0.717, 1.165) is 25.7 Å². The van der Waals surface area contributed by atoms with Gasteiger partial charge in [-0.25, -0.2) is 0 Å². The first-order chi connectivity index (χ1) is 25.6. The fourth-order valence-electron chi connectivity index (χ4n) is 7.08. The van der Waals surface area contributed by atoms with E-state index < -0.39 is 11.9 Å². The van der Waals surface area contributed by atoms with Crippen LogP contribution in [0.1, 0.15) is 217 Å². The minimum absolute atomic E-state index is 0. The van der Waals surface area contributed by atoms with Crippen molar-refractivity contribution >= 4 is 35.0 Å². The zero-order chi connectivity index (χ0) is 37.4. The van der Waals surface area contributed by atoms with Crippen LogP contribution in [0.15, 0.2) is 60.7 Å². The molecule has 0 aromatic heterocycles. The van der Waals surface area contributed by atoms with Gasteiger partial charge in [-0.2, -0.15) is 0 Å². The minimum atomic E-state index is -0.905. The number of aryl methyl sites for hydroxylation is 2. The van der Waals surface area contributed by atoms with Crippen LogP contribution in [-0.4, -0.2) is 35.0 Å². The van der Waals surface area contributed by atoms with Crippen LogP contribution in [0.4, 0.5) is 0 Å². The first kappa shape index (κ1) is 51.1. The van der Waals surface area contributed by atoms with E-state index in [1.807, 2.05) is 0 Å². The SMILES string of the molecule is O=C([O-])CCCCCCCCCCCCCCCCCc1ccccc1.O=C([O-])CCCCCCCCCCCCCCCCCc1ccccc1.[Mg+2]. The van der Waals surface area contributed by atoms with E-state index in [2.05, 4.69) is 60.7 Å². The molecule has 2 aromatic carbocycles. The predicted octanol–water partition coefficient (Wildman–Crippen LogP) is 12.1. The van der Waals surface area contributed by atoms with Gasteiger partial charge in [0.25, 0.3) is 0 Å². The number of carbonyl (C=O) groups is 2. The molecule has 53 heavy (non-hydrogen) atoms. The third-order valence-electron chi connectivity index (χ3n) is 10.4. The number of carboxylic acid groups (broad SMARTS) is 2. The Hall–Kier alpha value is -1.85. The zero-order valence-corrected chi connectivity index (χ0v) is 35.6. The van der Waals surface area contributed by atoms with Crippen LogP contribution in [0.2, 0.25) is 0 Å². The summed E-state index contributed by atoms with van der Waals surface area (Å²) in [5.74, 6) is -1.81. The quantitative estimate of drug-likeness (QED) is 0.0514. The zero-order valence-electron chi connectivity index (χ0n) is 34.2. The summed E-state index contributed by atoms with van der Waals surface area (Å²) in [7, 11) is 0. The van der Waals surface area contributed by atoms with E-state index in [1.54, 1.807) is 0 Å². The summed E-state index contributed by atoms with van der Waals surface area (Å²) < 4.78 is 0. The van der Waals surface area contributed by atoms with E-state index in [1.165, 1.54) is 191 Å². The fraction of sp³-hybridized carbons (Fsp3) is 0.708. The largest absolute Gasteiger partial charge is 2.00 e. The van der Waals surface area contributed by atoms with Crippen molar-refractivity contribution in [3.8, 4) is 0 Å². The molecule has 0 radical (unpaired) electrons. The van der Waals surface area contributed by atoms with Crippen LogP contribution in [-0.2, 0) is 22.4 Å². The molecule has 2 aromatic rings. The number of hydrogen-bond acceptors (Lipinski definition) is 4. The van der Waals surface area contributed by atoms with Gasteiger partial charge in [0.2, 0.25) is 0 Å². The second-order valence-electron chi connectivity index (χ2n) is 15.3. The number of carbonyl (C=O) groups excluding carboxylic acids is 2. The number of rotatable bonds is 36. The van der Waals surface area contributed by atoms with Crippen molar-refractivity contribution in [2.24, 2.45) is 0 Å². The van der Waals surface area contributed by atoms with Gasteiger partial charge in [0, 0.05) is 11.9 Å². The van der Waals surface area contributed by atoms with E-state index in [9.17, 15) is 19.8 Å². The maximum atomic E-state index is 10.3. The molecule has 296 valence electrons. The summed E-state index contributed by atoms with van der Waals surface area (Å²) in [4.78, 5) is 20.6. The smallest absolute Gasteiger partial charge is 0.550 e.